The zero-order valence-electron chi connectivity index (χ0n) is 7.94. The van der Waals surface area contributed by atoms with E-state index in [2.05, 4.69) is 29.9 Å². The number of fused-ring (bicyclic) bond motifs is 1. The first-order chi connectivity index (χ1) is 6.31. The van der Waals surface area contributed by atoms with Crippen LogP contribution in [-0.4, -0.2) is 14.4 Å². The summed E-state index contributed by atoms with van der Waals surface area (Å²) in [6.45, 7) is 4.36. The van der Waals surface area contributed by atoms with Crippen LogP contribution in [0.4, 0.5) is 0 Å². The van der Waals surface area contributed by atoms with Crippen molar-refractivity contribution in [3.8, 4) is 0 Å². The third-order valence-electron chi connectivity index (χ3n) is 2.41. The normalized spacial score (nSPS) is 13.4. The fourth-order valence-corrected chi connectivity index (χ4v) is 1.31. The molecule has 3 nitrogen and oxygen atoms in total. The van der Waals surface area contributed by atoms with E-state index in [4.69, 9.17) is 0 Å². The molecule has 2 aromatic rings. The second-order valence-corrected chi connectivity index (χ2v) is 3.32. The van der Waals surface area contributed by atoms with E-state index in [-0.39, 0.29) is 0 Å². The van der Waals surface area contributed by atoms with Crippen LogP contribution < -0.4 is 0 Å². The van der Waals surface area contributed by atoms with E-state index in [0.29, 0.717) is 5.92 Å². The van der Waals surface area contributed by atoms with Gasteiger partial charge in [-0.05, 0) is 18.4 Å². The predicted molar refractivity (Wildman–Crippen MR) is 51.7 cm³/mol. The summed E-state index contributed by atoms with van der Waals surface area (Å²) in [4.78, 5) is 8.53. The van der Waals surface area contributed by atoms with E-state index < -0.39 is 0 Å². The fourth-order valence-electron chi connectivity index (χ4n) is 1.31. The van der Waals surface area contributed by atoms with Crippen molar-refractivity contribution >= 4 is 5.65 Å². The number of aromatic nitrogens is 3. The highest BCUT2D eigenvalue weighted by molar-refractivity contribution is 5.36. The minimum atomic E-state index is 0.528. The van der Waals surface area contributed by atoms with Crippen LogP contribution >= 0.6 is 0 Å². The molecule has 2 rings (SSSR count). The van der Waals surface area contributed by atoms with E-state index in [0.717, 1.165) is 17.8 Å². The maximum atomic E-state index is 4.51. The zero-order valence-corrected chi connectivity index (χ0v) is 7.94. The quantitative estimate of drug-likeness (QED) is 0.700. The molecule has 0 bridgehead atoms. The van der Waals surface area contributed by atoms with Gasteiger partial charge >= 0.3 is 0 Å². The van der Waals surface area contributed by atoms with Gasteiger partial charge in [-0.15, -0.1) is 0 Å². The summed E-state index contributed by atoms with van der Waals surface area (Å²) in [5.74, 6) is 0.528. The topological polar surface area (TPSA) is 30.2 Å². The molecule has 0 spiro atoms. The predicted octanol–water partition coefficient (Wildman–Crippen LogP) is 2.24. The Hall–Kier alpha value is -1.38. The molecular weight excluding hydrogens is 162 g/mol. The number of hydrogen-bond acceptors (Lipinski definition) is 2. The average molecular weight is 175 g/mol. The third-order valence-corrected chi connectivity index (χ3v) is 2.41. The van der Waals surface area contributed by atoms with Crippen molar-refractivity contribution in [1.29, 1.82) is 0 Å². The van der Waals surface area contributed by atoms with Crippen molar-refractivity contribution in [1.82, 2.24) is 14.4 Å². The zero-order chi connectivity index (χ0) is 9.26. The van der Waals surface area contributed by atoms with Gasteiger partial charge < -0.3 is 0 Å². The number of rotatable bonds is 2. The number of hydrogen-bond donors (Lipinski definition) is 0. The molecule has 0 radical (unpaired) electrons. The molecule has 2 heterocycles. The lowest BCUT2D eigenvalue weighted by atomic mass is 10.1. The summed E-state index contributed by atoms with van der Waals surface area (Å²) in [6.07, 6.45) is 6.68. The van der Waals surface area contributed by atoms with Gasteiger partial charge in [0.05, 0.1) is 6.20 Å². The van der Waals surface area contributed by atoms with Crippen molar-refractivity contribution in [2.24, 2.45) is 0 Å². The fraction of sp³-hybridized carbons (Fsp3) is 0.400. The van der Waals surface area contributed by atoms with Gasteiger partial charge in [0.25, 0.3) is 0 Å². The van der Waals surface area contributed by atoms with Crippen molar-refractivity contribution < 1.29 is 0 Å². The Balaban J connectivity index is 2.48. The Morgan fingerprint density at radius 3 is 3.15 bits per heavy atom. The molecule has 3 heteroatoms. The van der Waals surface area contributed by atoms with Crippen molar-refractivity contribution in [2.45, 2.75) is 26.2 Å². The summed E-state index contributed by atoms with van der Waals surface area (Å²) in [5.41, 5.74) is 2.08. The van der Waals surface area contributed by atoms with Gasteiger partial charge in [0.15, 0.2) is 5.65 Å². The molecule has 0 aliphatic heterocycles. The lowest BCUT2D eigenvalue weighted by Crippen LogP contribution is -1.97. The lowest BCUT2D eigenvalue weighted by molar-refractivity contribution is 0.707. The van der Waals surface area contributed by atoms with Crippen LogP contribution in [-0.2, 0) is 0 Å². The molecule has 0 N–H and O–H groups in total. The van der Waals surface area contributed by atoms with Gasteiger partial charge in [0, 0.05) is 11.9 Å². The van der Waals surface area contributed by atoms with Gasteiger partial charge in [-0.3, -0.25) is 4.40 Å². The molecule has 2 aromatic heterocycles. The molecule has 68 valence electrons. The molecular formula is C10H13N3. The molecule has 1 unspecified atom stereocenters. The summed E-state index contributed by atoms with van der Waals surface area (Å²) in [5, 5.41) is 0. The molecule has 0 aliphatic rings. The van der Waals surface area contributed by atoms with E-state index in [1.165, 1.54) is 0 Å². The van der Waals surface area contributed by atoms with E-state index >= 15 is 0 Å². The Kier molecular flexibility index (Phi) is 2.00. The van der Waals surface area contributed by atoms with Gasteiger partial charge in [-0.25, -0.2) is 9.97 Å². The van der Waals surface area contributed by atoms with Crippen LogP contribution in [0, 0.1) is 0 Å². The maximum Gasteiger partial charge on any atom is 0.156 e. The van der Waals surface area contributed by atoms with Crippen LogP contribution in [0.25, 0.3) is 5.65 Å². The monoisotopic (exact) mass is 175 g/mol. The van der Waals surface area contributed by atoms with Gasteiger partial charge in [-0.2, -0.15) is 0 Å². The molecule has 0 aromatic carbocycles. The average Bonchev–Trinajstić information content (AvgIpc) is 2.63. The minimum Gasteiger partial charge on any atom is -0.291 e. The first kappa shape index (κ1) is 8.23. The maximum absolute atomic E-state index is 4.51. The molecule has 0 fully saturated rings. The molecule has 0 saturated carbocycles. The SMILES string of the molecule is CCC(C)c1ccn2cncc2n1. The highest BCUT2D eigenvalue weighted by atomic mass is 15.0. The highest BCUT2D eigenvalue weighted by Crippen LogP contribution is 2.16. The smallest absolute Gasteiger partial charge is 0.156 e. The first-order valence-corrected chi connectivity index (χ1v) is 4.60. The largest absolute Gasteiger partial charge is 0.291 e. The Bertz CT molecular complexity index is 405. The van der Waals surface area contributed by atoms with E-state index in [1.54, 1.807) is 12.5 Å². The second-order valence-electron chi connectivity index (χ2n) is 3.32. The first-order valence-electron chi connectivity index (χ1n) is 4.60. The summed E-state index contributed by atoms with van der Waals surface area (Å²) in [7, 11) is 0. The Morgan fingerprint density at radius 1 is 1.54 bits per heavy atom. The minimum absolute atomic E-state index is 0.528. The molecule has 0 saturated heterocycles. The summed E-state index contributed by atoms with van der Waals surface area (Å²) >= 11 is 0. The van der Waals surface area contributed by atoms with Gasteiger partial charge in [0.1, 0.15) is 6.33 Å². The van der Waals surface area contributed by atoms with Crippen LogP contribution in [0.3, 0.4) is 0 Å². The molecule has 0 aliphatic carbocycles. The summed E-state index contributed by atoms with van der Waals surface area (Å²) in [6, 6.07) is 2.06. The number of imidazole rings is 1. The van der Waals surface area contributed by atoms with E-state index in [1.807, 2.05) is 10.6 Å². The van der Waals surface area contributed by atoms with Crippen LogP contribution in [0.2, 0.25) is 0 Å². The molecule has 13 heavy (non-hydrogen) atoms. The Morgan fingerprint density at radius 2 is 2.38 bits per heavy atom. The van der Waals surface area contributed by atoms with Crippen LogP contribution in [0.5, 0.6) is 0 Å². The standard InChI is InChI=1S/C10H13N3/c1-3-8(2)9-4-5-13-7-11-6-10(13)12-9/h4-8H,3H2,1-2H3. The molecule has 1 atom stereocenters. The van der Waals surface area contributed by atoms with E-state index in [9.17, 15) is 0 Å². The second kappa shape index (κ2) is 3.17. The summed E-state index contributed by atoms with van der Waals surface area (Å²) < 4.78 is 1.92. The van der Waals surface area contributed by atoms with Crippen molar-refractivity contribution in [3.05, 3.63) is 30.5 Å². The van der Waals surface area contributed by atoms with Gasteiger partial charge in [-0.1, -0.05) is 13.8 Å². The highest BCUT2D eigenvalue weighted by Gasteiger charge is 2.04. The van der Waals surface area contributed by atoms with Crippen LogP contribution in [0.15, 0.2) is 24.8 Å². The third kappa shape index (κ3) is 1.41. The number of nitrogens with zero attached hydrogens (tertiary/aromatic N) is 3. The van der Waals surface area contributed by atoms with Crippen molar-refractivity contribution in [3.63, 3.8) is 0 Å². The van der Waals surface area contributed by atoms with Crippen molar-refractivity contribution in [2.75, 3.05) is 0 Å². The van der Waals surface area contributed by atoms with Crippen LogP contribution in [0.1, 0.15) is 31.9 Å². The van der Waals surface area contributed by atoms with Gasteiger partial charge in [0.2, 0.25) is 0 Å². The Labute approximate surface area is 77.4 Å². The molecule has 0 amide bonds. The lowest BCUT2D eigenvalue weighted by Gasteiger charge is -2.07.